The third-order valence-corrected chi connectivity index (χ3v) is 7.12. The van der Waals surface area contributed by atoms with Crippen LogP contribution in [-0.4, -0.2) is 50.0 Å². The highest BCUT2D eigenvalue weighted by Gasteiger charge is 2.32. The normalized spacial score (nSPS) is 13.1. The van der Waals surface area contributed by atoms with E-state index in [0.717, 1.165) is 40.2 Å². The molecule has 0 bridgehead atoms. The van der Waals surface area contributed by atoms with Crippen molar-refractivity contribution in [2.24, 2.45) is 0 Å². The Morgan fingerprint density at radius 1 is 1.11 bits per heavy atom. The standard InChI is InChI=1S/C25H33ClFN3O4S/c1-6-18(4)28-25(32)23(7-2)29(15-19-10-8-9-17(3)13-19)24(31)16-30(35(5,33)34)20-11-12-22(27)21(26)14-20/h8-14,18,23H,6-7,15-16H2,1-5H3,(H,28,32)/t18-,23+/m0/s1. The lowest BCUT2D eigenvalue weighted by Crippen LogP contribution is -2.53. The molecule has 10 heteroatoms. The first-order chi connectivity index (χ1) is 16.4. The van der Waals surface area contributed by atoms with Gasteiger partial charge in [0.2, 0.25) is 21.8 Å². The molecule has 0 aliphatic rings. The SMILES string of the molecule is CC[C@H](C(=O)N[C@@H](C)CC)N(Cc1cccc(C)c1)C(=O)CN(c1ccc(F)c(Cl)c1)S(C)(=O)=O. The zero-order valence-corrected chi connectivity index (χ0v) is 22.3. The second kappa shape index (κ2) is 12.4. The summed E-state index contributed by atoms with van der Waals surface area (Å²) in [5, 5.41) is 2.65. The van der Waals surface area contributed by atoms with Crippen molar-refractivity contribution in [2.75, 3.05) is 17.1 Å². The zero-order chi connectivity index (χ0) is 26.3. The molecule has 0 saturated heterocycles. The van der Waals surface area contributed by atoms with Crippen LogP contribution in [0.5, 0.6) is 0 Å². The molecule has 0 spiro atoms. The van der Waals surface area contributed by atoms with Crippen LogP contribution in [0.15, 0.2) is 42.5 Å². The summed E-state index contributed by atoms with van der Waals surface area (Å²) < 4.78 is 39.7. The number of rotatable bonds is 11. The molecule has 2 rings (SSSR count). The largest absolute Gasteiger partial charge is 0.352 e. The van der Waals surface area contributed by atoms with Gasteiger partial charge < -0.3 is 10.2 Å². The fraction of sp³-hybridized carbons (Fsp3) is 0.440. The van der Waals surface area contributed by atoms with Gasteiger partial charge in [0.15, 0.2) is 0 Å². The fourth-order valence-corrected chi connectivity index (χ4v) is 4.64. The summed E-state index contributed by atoms with van der Waals surface area (Å²) in [5.74, 6) is -1.58. The van der Waals surface area contributed by atoms with Crippen LogP contribution in [0.2, 0.25) is 5.02 Å². The van der Waals surface area contributed by atoms with Crippen molar-refractivity contribution in [1.82, 2.24) is 10.2 Å². The maximum atomic E-state index is 13.7. The van der Waals surface area contributed by atoms with Gasteiger partial charge in [-0.15, -0.1) is 0 Å². The van der Waals surface area contributed by atoms with Gasteiger partial charge in [-0.25, -0.2) is 12.8 Å². The molecule has 2 amide bonds. The number of benzene rings is 2. The lowest BCUT2D eigenvalue weighted by atomic mass is 10.1. The fourth-order valence-electron chi connectivity index (χ4n) is 3.62. The number of amides is 2. The van der Waals surface area contributed by atoms with Crippen LogP contribution in [0.3, 0.4) is 0 Å². The molecule has 2 aromatic carbocycles. The molecular weight excluding hydrogens is 493 g/mol. The number of sulfonamides is 1. The third-order valence-electron chi connectivity index (χ3n) is 5.69. The van der Waals surface area contributed by atoms with Crippen molar-refractivity contribution < 1.29 is 22.4 Å². The van der Waals surface area contributed by atoms with Gasteiger partial charge in [-0.3, -0.25) is 13.9 Å². The molecule has 0 aliphatic heterocycles. The molecule has 0 fully saturated rings. The van der Waals surface area contributed by atoms with Crippen molar-refractivity contribution in [1.29, 1.82) is 0 Å². The molecule has 0 aromatic heterocycles. The van der Waals surface area contributed by atoms with Gasteiger partial charge in [0.1, 0.15) is 18.4 Å². The summed E-state index contributed by atoms with van der Waals surface area (Å²) in [6.45, 7) is 7.09. The molecule has 192 valence electrons. The molecule has 1 N–H and O–H groups in total. The number of hydrogen-bond donors (Lipinski definition) is 1. The summed E-state index contributed by atoms with van der Waals surface area (Å²) >= 11 is 5.86. The first-order valence-corrected chi connectivity index (χ1v) is 13.7. The van der Waals surface area contributed by atoms with Crippen LogP contribution in [0.4, 0.5) is 10.1 Å². The predicted molar refractivity (Wildman–Crippen MR) is 137 cm³/mol. The average Bonchev–Trinajstić information content (AvgIpc) is 2.78. The van der Waals surface area contributed by atoms with E-state index in [9.17, 15) is 22.4 Å². The van der Waals surface area contributed by atoms with Gasteiger partial charge in [0.05, 0.1) is 17.0 Å². The molecule has 2 aromatic rings. The second-order valence-electron chi connectivity index (χ2n) is 8.62. The van der Waals surface area contributed by atoms with Crippen LogP contribution in [0.25, 0.3) is 0 Å². The number of nitrogens with one attached hydrogen (secondary N) is 1. The van der Waals surface area contributed by atoms with Crippen molar-refractivity contribution in [2.45, 2.75) is 59.2 Å². The topological polar surface area (TPSA) is 86.8 Å². The maximum absolute atomic E-state index is 13.7. The molecule has 0 aliphatic carbocycles. The van der Waals surface area contributed by atoms with Gasteiger partial charge in [-0.1, -0.05) is 55.3 Å². The number of aryl methyl sites for hydroxylation is 1. The minimum atomic E-state index is -3.93. The molecule has 0 unspecified atom stereocenters. The smallest absolute Gasteiger partial charge is 0.244 e. The Hall–Kier alpha value is -2.65. The van der Waals surface area contributed by atoms with Crippen LogP contribution < -0.4 is 9.62 Å². The summed E-state index contributed by atoms with van der Waals surface area (Å²) in [7, 11) is -3.93. The van der Waals surface area contributed by atoms with E-state index in [1.807, 2.05) is 45.0 Å². The zero-order valence-electron chi connectivity index (χ0n) is 20.7. The van der Waals surface area contributed by atoms with E-state index in [-0.39, 0.29) is 29.2 Å². The molecule has 35 heavy (non-hydrogen) atoms. The Kier molecular flexibility index (Phi) is 10.1. The molecule has 0 heterocycles. The van der Waals surface area contributed by atoms with Crippen molar-refractivity contribution in [3.63, 3.8) is 0 Å². The Balaban J connectivity index is 2.46. The second-order valence-corrected chi connectivity index (χ2v) is 10.9. The van der Waals surface area contributed by atoms with E-state index in [1.54, 1.807) is 6.92 Å². The Bertz CT molecular complexity index is 1160. The van der Waals surface area contributed by atoms with Gasteiger partial charge in [-0.2, -0.15) is 0 Å². The number of hydrogen-bond acceptors (Lipinski definition) is 4. The predicted octanol–water partition coefficient (Wildman–Crippen LogP) is 4.28. The Morgan fingerprint density at radius 3 is 2.34 bits per heavy atom. The lowest BCUT2D eigenvalue weighted by Gasteiger charge is -2.33. The van der Waals surface area contributed by atoms with E-state index in [2.05, 4.69) is 5.32 Å². The van der Waals surface area contributed by atoms with Crippen molar-refractivity contribution in [3.8, 4) is 0 Å². The average molecular weight is 526 g/mol. The molecule has 0 saturated carbocycles. The lowest BCUT2D eigenvalue weighted by molar-refractivity contribution is -0.140. The highest BCUT2D eigenvalue weighted by atomic mass is 35.5. The van der Waals surface area contributed by atoms with E-state index in [1.165, 1.54) is 11.0 Å². The van der Waals surface area contributed by atoms with Gasteiger partial charge in [-0.05, 0) is 50.5 Å². The Labute approximate surface area is 212 Å². The van der Waals surface area contributed by atoms with Gasteiger partial charge in [0, 0.05) is 12.6 Å². The highest BCUT2D eigenvalue weighted by Crippen LogP contribution is 2.25. The molecule has 2 atom stereocenters. The molecule has 7 nitrogen and oxygen atoms in total. The minimum Gasteiger partial charge on any atom is -0.352 e. The van der Waals surface area contributed by atoms with Gasteiger partial charge >= 0.3 is 0 Å². The summed E-state index contributed by atoms with van der Waals surface area (Å²) in [4.78, 5) is 28.1. The molecule has 0 radical (unpaired) electrons. The number of halogens is 2. The van der Waals surface area contributed by atoms with Crippen LogP contribution in [-0.2, 0) is 26.2 Å². The third kappa shape index (κ3) is 7.93. The van der Waals surface area contributed by atoms with E-state index in [0.29, 0.717) is 6.42 Å². The summed E-state index contributed by atoms with van der Waals surface area (Å²) in [6.07, 6.45) is 2.01. The van der Waals surface area contributed by atoms with Gasteiger partial charge in [0.25, 0.3) is 0 Å². The summed E-state index contributed by atoms with van der Waals surface area (Å²) in [5.41, 5.74) is 1.86. The van der Waals surface area contributed by atoms with E-state index < -0.39 is 34.3 Å². The monoisotopic (exact) mass is 525 g/mol. The number of anilines is 1. The first-order valence-electron chi connectivity index (χ1n) is 11.5. The first kappa shape index (κ1) is 28.6. The van der Waals surface area contributed by atoms with Crippen molar-refractivity contribution >= 4 is 39.1 Å². The number of carbonyl (C=O) groups is 2. The highest BCUT2D eigenvalue weighted by molar-refractivity contribution is 7.92. The van der Waals surface area contributed by atoms with Crippen LogP contribution >= 0.6 is 11.6 Å². The summed E-state index contributed by atoms with van der Waals surface area (Å²) in [6, 6.07) is 10.1. The maximum Gasteiger partial charge on any atom is 0.244 e. The van der Waals surface area contributed by atoms with Crippen LogP contribution in [0.1, 0.15) is 44.7 Å². The number of nitrogens with zero attached hydrogens (tertiary/aromatic N) is 2. The van der Waals surface area contributed by atoms with Crippen molar-refractivity contribution in [3.05, 3.63) is 64.4 Å². The van der Waals surface area contributed by atoms with E-state index in [4.69, 9.17) is 11.6 Å². The molecular formula is C25H33ClFN3O4S. The minimum absolute atomic E-state index is 0.0554. The quantitative estimate of drug-likeness (QED) is 0.474. The van der Waals surface area contributed by atoms with E-state index >= 15 is 0 Å². The number of carbonyl (C=O) groups excluding carboxylic acids is 2. The van der Waals surface area contributed by atoms with Crippen LogP contribution in [0, 0.1) is 12.7 Å². The Morgan fingerprint density at radius 2 is 1.80 bits per heavy atom.